The summed E-state index contributed by atoms with van der Waals surface area (Å²) in [7, 11) is -0.887. The smallest absolute Gasteiger partial charge is 0.328 e. The molecule has 0 aliphatic carbocycles. The predicted molar refractivity (Wildman–Crippen MR) is 118 cm³/mol. The molecule has 2 amide bonds. The Labute approximate surface area is 188 Å². The van der Waals surface area contributed by atoms with E-state index in [-0.39, 0.29) is 31.1 Å². The highest BCUT2D eigenvalue weighted by molar-refractivity contribution is 7.89. The van der Waals surface area contributed by atoms with Crippen molar-refractivity contribution in [3.63, 3.8) is 0 Å². The highest BCUT2D eigenvalue weighted by Crippen LogP contribution is 2.20. The van der Waals surface area contributed by atoms with Gasteiger partial charge in [0.25, 0.3) is 0 Å². The number of nitrogens with one attached hydrogen (secondary N) is 1. The van der Waals surface area contributed by atoms with Crippen LogP contribution in [0, 0.1) is 0 Å². The number of ether oxygens (including phenoxy) is 2. The topological polar surface area (TPSA) is 105 Å². The van der Waals surface area contributed by atoms with Crippen LogP contribution in [0.2, 0.25) is 0 Å². The molecular formula is C22H27N3O6S. The van der Waals surface area contributed by atoms with Crippen molar-refractivity contribution >= 4 is 22.0 Å². The molecule has 1 atom stereocenters. The summed E-state index contributed by atoms with van der Waals surface area (Å²) in [6.07, 6.45) is 0.297. The molecule has 0 bridgehead atoms. The first-order chi connectivity index (χ1) is 15.3. The molecule has 2 aromatic rings. The van der Waals surface area contributed by atoms with Gasteiger partial charge in [0.15, 0.2) is 0 Å². The zero-order valence-electron chi connectivity index (χ0n) is 18.1. The molecule has 10 heteroatoms. The van der Waals surface area contributed by atoms with Crippen LogP contribution in [0.25, 0.3) is 0 Å². The zero-order chi connectivity index (χ0) is 23.1. The van der Waals surface area contributed by atoms with Crippen molar-refractivity contribution in [1.29, 1.82) is 0 Å². The van der Waals surface area contributed by atoms with Crippen LogP contribution in [0.3, 0.4) is 0 Å². The standard InChI is InChI=1S/C22H27N3O6S/c1-30-18-8-10-19(11-9-18)32(28,29)25-14-12-24(13-15-25)22(27)23-20(21(26)31-2)16-17-6-4-3-5-7-17/h3-11,20H,12-16H2,1-2H3,(H,23,27). The number of sulfonamides is 1. The largest absolute Gasteiger partial charge is 0.497 e. The van der Waals surface area contributed by atoms with Crippen molar-refractivity contribution in [3.8, 4) is 5.75 Å². The summed E-state index contributed by atoms with van der Waals surface area (Å²) in [5.74, 6) is 0.0315. The number of urea groups is 1. The molecule has 1 aliphatic heterocycles. The van der Waals surface area contributed by atoms with E-state index in [9.17, 15) is 18.0 Å². The molecule has 1 unspecified atom stereocenters. The van der Waals surface area contributed by atoms with Crippen LogP contribution < -0.4 is 10.1 Å². The number of esters is 1. The van der Waals surface area contributed by atoms with Crippen molar-refractivity contribution in [2.45, 2.75) is 17.4 Å². The Balaban J connectivity index is 1.60. The second-order valence-corrected chi connectivity index (χ2v) is 9.22. The number of hydrogen-bond acceptors (Lipinski definition) is 6. The lowest BCUT2D eigenvalue weighted by molar-refractivity contribution is -0.142. The minimum Gasteiger partial charge on any atom is -0.497 e. The maximum atomic E-state index is 12.9. The summed E-state index contributed by atoms with van der Waals surface area (Å²) in [5, 5.41) is 2.71. The number of benzene rings is 2. The first-order valence-corrected chi connectivity index (χ1v) is 11.6. The molecule has 3 rings (SSSR count). The van der Waals surface area contributed by atoms with E-state index in [1.165, 1.54) is 35.6 Å². The summed E-state index contributed by atoms with van der Waals surface area (Å²) in [4.78, 5) is 26.6. The van der Waals surface area contributed by atoms with Gasteiger partial charge in [-0.15, -0.1) is 0 Å². The fourth-order valence-corrected chi connectivity index (χ4v) is 4.88. The monoisotopic (exact) mass is 461 g/mol. The number of rotatable bonds is 7. The SMILES string of the molecule is COC(=O)C(Cc1ccccc1)NC(=O)N1CCN(S(=O)(=O)c2ccc(OC)cc2)CC1. The van der Waals surface area contributed by atoms with Crippen LogP contribution in [-0.4, -0.2) is 76.1 Å². The fourth-order valence-electron chi connectivity index (χ4n) is 3.45. The third-order valence-electron chi connectivity index (χ3n) is 5.29. The summed E-state index contributed by atoms with van der Waals surface area (Å²) < 4.78 is 37.0. The molecule has 172 valence electrons. The number of hydrogen-bond donors (Lipinski definition) is 1. The summed E-state index contributed by atoms with van der Waals surface area (Å²) in [6.45, 7) is 0.730. The maximum Gasteiger partial charge on any atom is 0.328 e. The van der Waals surface area contributed by atoms with Crippen molar-refractivity contribution < 1.29 is 27.5 Å². The van der Waals surface area contributed by atoms with Gasteiger partial charge < -0.3 is 19.7 Å². The molecule has 32 heavy (non-hydrogen) atoms. The van der Waals surface area contributed by atoms with E-state index in [2.05, 4.69) is 5.32 Å². The van der Waals surface area contributed by atoms with Gasteiger partial charge in [-0.05, 0) is 29.8 Å². The molecule has 0 radical (unpaired) electrons. The molecule has 0 aromatic heterocycles. The number of methoxy groups -OCH3 is 2. The minimum atomic E-state index is -3.67. The molecule has 1 saturated heterocycles. The quantitative estimate of drug-likeness (QED) is 0.627. The average Bonchev–Trinajstić information content (AvgIpc) is 2.83. The summed E-state index contributed by atoms with van der Waals surface area (Å²) in [5.41, 5.74) is 0.888. The Morgan fingerprint density at radius 1 is 0.969 bits per heavy atom. The van der Waals surface area contributed by atoms with Gasteiger partial charge in [-0.1, -0.05) is 30.3 Å². The predicted octanol–water partition coefficient (Wildman–Crippen LogP) is 1.50. The van der Waals surface area contributed by atoms with E-state index in [0.29, 0.717) is 12.2 Å². The normalized spacial score (nSPS) is 15.6. The molecule has 0 saturated carbocycles. The molecule has 1 fully saturated rings. The molecule has 9 nitrogen and oxygen atoms in total. The van der Waals surface area contributed by atoms with E-state index < -0.39 is 28.1 Å². The Bertz CT molecular complexity index is 1020. The maximum absolute atomic E-state index is 12.9. The van der Waals surface area contributed by atoms with E-state index in [1.54, 1.807) is 12.1 Å². The second-order valence-electron chi connectivity index (χ2n) is 7.28. The van der Waals surface area contributed by atoms with Gasteiger partial charge in [0.05, 0.1) is 19.1 Å². The van der Waals surface area contributed by atoms with E-state index in [0.717, 1.165) is 5.56 Å². The van der Waals surface area contributed by atoms with Gasteiger partial charge in [0.2, 0.25) is 10.0 Å². The highest BCUT2D eigenvalue weighted by atomic mass is 32.2. The van der Waals surface area contributed by atoms with Crippen molar-refractivity contribution in [2.75, 3.05) is 40.4 Å². The van der Waals surface area contributed by atoms with Crippen molar-refractivity contribution in [2.24, 2.45) is 0 Å². The molecular weight excluding hydrogens is 434 g/mol. The van der Waals surface area contributed by atoms with Crippen LogP contribution in [0.1, 0.15) is 5.56 Å². The number of carbonyl (C=O) groups is 2. The van der Waals surface area contributed by atoms with Gasteiger partial charge in [0, 0.05) is 32.6 Å². The van der Waals surface area contributed by atoms with Crippen molar-refractivity contribution in [3.05, 3.63) is 60.2 Å². The van der Waals surface area contributed by atoms with Gasteiger partial charge in [-0.2, -0.15) is 4.31 Å². The molecule has 0 spiro atoms. The minimum absolute atomic E-state index is 0.156. The third kappa shape index (κ3) is 5.57. The van der Waals surface area contributed by atoms with Crippen LogP contribution in [0.5, 0.6) is 5.75 Å². The Morgan fingerprint density at radius 2 is 1.59 bits per heavy atom. The lowest BCUT2D eigenvalue weighted by Gasteiger charge is -2.34. The lowest BCUT2D eigenvalue weighted by Crippen LogP contribution is -2.56. The Hall–Kier alpha value is -3.11. The van der Waals surface area contributed by atoms with Crippen LogP contribution in [0.15, 0.2) is 59.5 Å². The first-order valence-electron chi connectivity index (χ1n) is 10.2. The van der Waals surface area contributed by atoms with Crippen LogP contribution in [0.4, 0.5) is 4.79 Å². The Morgan fingerprint density at radius 3 is 2.16 bits per heavy atom. The fraction of sp³-hybridized carbons (Fsp3) is 0.364. The summed E-state index contributed by atoms with van der Waals surface area (Å²) >= 11 is 0. The van der Waals surface area contributed by atoms with Gasteiger partial charge in [-0.25, -0.2) is 18.0 Å². The van der Waals surface area contributed by atoms with Crippen molar-refractivity contribution in [1.82, 2.24) is 14.5 Å². The third-order valence-corrected chi connectivity index (χ3v) is 7.20. The number of amides is 2. The second kappa shape index (κ2) is 10.5. The molecule has 1 aliphatic rings. The number of carbonyl (C=O) groups excluding carboxylic acids is 2. The molecule has 2 aromatic carbocycles. The Kier molecular flexibility index (Phi) is 7.70. The first kappa shape index (κ1) is 23.6. The van der Waals surface area contributed by atoms with Gasteiger partial charge in [0.1, 0.15) is 11.8 Å². The molecule has 1 N–H and O–H groups in total. The van der Waals surface area contributed by atoms with E-state index in [4.69, 9.17) is 9.47 Å². The van der Waals surface area contributed by atoms with Gasteiger partial charge >= 0.3 is 12.0 Å². The van der Waals surface area contributed by atoms with Gasteiger partial charge in [-0.3, -0.25) is 0 Å². The van der Waals surface area contributed by atoms with Crippen LogP contribution in [-0.2, 0) is 26.0 Å². The number of piperazine rings is 1. The average molecular weight is 462 g/mol. The lowest BCUT2D eigenvalue weighted by atomic mass is 10.1. The van der Waals surface area contributed by atoms with Crippen LogP contribution >= 0.6 is 0 Å². The van der Waals surface area contributed by atoms with E-state index >= 15 is 0 Å². The molecule has 1 heterocycles. The summed E-state index contributed by atoms with van der Waals surface area (Å²) in [6, 6.07) is 14.2. The van der Waals surface area contributed by atoms with E-state index in [1.807, 2.05) is 30.3 Å². The number of nitrogens with zero attached hydrogens (tertiary/aromatic N) is 2. The highest BCUT2D eigenvalue weighted by Gasteiger charge is 2.31. The zero-order valence-corrected chi connectivity index (χ0v) is 18.9.